The molecule has 19 heavy (non-hydrogen) atoms. The van der Waals surface area contributed by atoms with Crippen LogP contribution in [0.15, 0.2) is 15.9 Å². The molecule has 0 amide bonds. The van der Waals surface area contributed by atoms with Crippen LogP contribution in [-0.4, -0.2) is 55.9 Å². The van der Waals surface area contributed by atoms with Crippen molar-refractivity contribution in [2.75, 3.05) is 40.3 Å². The van der Waals surface area contributed by atoms with Crippen LogP contribution in [0, 0.1) is 5.92 Å². The lowest BCUT2D eigenvalue weighted by atomic mass is 10.2. The standard InChI is InChI=1S/C14H23BrN2OS/c1-11(2)9-17(8-7-16(3)4)10-12(18)13-5-6-14(15)19-13/h5-6,11H,7-10H2,1-4H3. The fourth-order valence-electron chi connectivity index (χ4n) is 1.84. The second-order valence-corrected chi connectivity index (χ2v) is 7.92. The number of nitrogens with zero attached hydrogens (tertiary/aromatic N) is 2. The van der Waals surface area contributed by atoms with Gasteiger partial charge in [-0.1, -0.05) is 13.8 Å². The highest BCUT2D eigenvalue weighted by Gasteiger charge is 2.15. The molecule has 1 rings (SSSR count). The van der Waals surface area contributed by atoms with Gasteiger partial charge < -0.3 is 4.90 Å². The molecule has 0 bridgehead atoms. The third-order valence-corrected chi connectivity index (χ3v) is 4.37. The summed E-state index contributed by atoms with van der Waals surface area (Å²) in [4.78, 5) is 17.5. The van der Waals surface area contributed by atoms with Gasteiger partial charge in [-0.05, 0) is 48.1 Å². The fourth-order valence-corrected chi connectivity index (χ4v) is 3.15. The van der Waals surface area contributed by atoms with Gasteiger partial charge >= 0.3 is 0 Å². The molecule has 0 atom stereocenters. The molecule has 0 radical (unpaired) electrons. The molecule has 0 spiro atoms. The first-order chi connectivity index (χ1) is 8.88. The Morgan fingerprint density at radius 1 is 1.32 bits per heavy atom. The highest BCUT2D eigenvalue weighted by atomic mass is 79.9. The molecule has 108 valence electrons. The first-order valence-electron chi connectivity index (χ1n) is 6.54. The van der Waals surface area contributed by atoms with E-state index in [0.29, 0.717) is 12.5 Å². The van der Waals surface area contributed by atoms with E-state index in [1.165, 1.54) is 11.3 Å². The van der Waals surface area contributed by atoms with Crippen LogP contribution in [0.3, 0.4) is 0 Å². The largest absolute Gasteiger partial charge is 0.308 e. The van der Waals surface area contributed by atoms with E-state index in [4.69, 9.17) is 0 Å². The minimum Gasteiger partial charge on any atom is -0.308 e. The van der Waals surface area contributed by atoms with E-state index in [-0.39, 0.29) is 5.78 Å². The maximum atomic E-state index is 12.2. The summed E-state index contributed by atoms with van der Waals surface area (Å²) < 4.78 is 1.01. The number of likely N-dealkylation sites (N-methyl/N-ethyl adjacent to an activating group) is 1. The van der Waals surface area contributed by atoms with Crippen LogP contribution in [-0.2, 0) is 0 Å². The normalized spacial score (nSPS) is 11.8. The number of hydrogen-bond donors (Lipinski definition) is 0. The van der Waals surface area contributed by atoms with Crippen molar-refractivity contribution in [2.45, 2.75) is 13.8 Å². The van der Waals surface area contributed by atoms with Gasteiger partial charge in [-0.25, -0.2) is 0 Å². The summed E-state index contributed by atoms with van der Waals surface area (Å²) in [6.07, 6.45) is 0. The van der Waals surface area contributed by atoms with Gasteiger partial charge in [0.1, 0.15) is 0 Å². The minimum absolute atomic E-state index is 0.218. The highest BCUT2D eigenvalue weighted by molar-refractivity contribution is 9.11. The van der Waals surface area contributed by atoms with Crippen LogP contribution in [0.1, 0.15) is 23.5 Å². The Kier molecular flexibility index (Phi) is 7.21. The maximum Gasteiger partial charge on any atom is 0.186 e. The maximum absolute atomic E-state index is 12.2. The van der Waals surface area contributed by atoms with E-state index in [9.17, 15) is 4.79 Å². The molecule has 0 N–H and O–H groups in total. The number of halogens is 1. The van der Waals surface area contributed by atoms with Crippen molar-refractivity contribution in [1.29, 1.82) is 0 Å². The Morgan fingerprint density at radius 3 is 2.47 bits per heavy atom. The van der Waals surface area contributed by atoms with Gasteiger partial charge in [0.15, 0.2) is 5.78 Å². The number of ketones is 1. The van der Waals surface area contributed by atoms with E-state index in [0.717, 1.165) is 28.3 Å². The van der Waals surface area contributed by atoms with Crippen molar-refractivity contribution in [3.63, 3.8) is 0 Å². The van der Waals surface area contributed by atoms with Gasteiger partial charge in [-0.15, -0.1) is 11.3 Å². The lowest BCUT2D eigenvalue weighted by molar-refractivity contribution is 0.0920. The zero-order valence-electron chi connectivity index (χ0n) is 12.1. The van der Waals surface area contributed by atoms with Crippen LogP contribution < -0.4 is 0 Å². The van der Waals surface area contributed by atoms with Gasteiger partial charge in [0, 0.05) is 19.6 Å². The monoisotopic (exact) mass is 346 g/mol. The lowest BCUT2D eigenvalue weighted by Crippen LogP contribution is -2.37. The topological polar surface area (TPSA) is 23.6 Å². The third kappa shape index (κ3) is 6.65. The number of thiophene rings is 1. The van der Waals surface area contributed by atoms with E-state index in [1.54, 1.807) is 0 Å². The molecule has 0 aliphatic heterocycles. The third-order valence-electron chi connectivity index (χ3n) is 2.70. The predicted octanol–water partition coefficient (Wildman–Crippen LogP) is 3.21. The Bertz CT molecular complexity index is 404. The average molecular weight is 347 g/mol. The molecule has 0 fully saturated rings. The van der Waals surface area contributed by atoms with Crippen molar-refractivity contribution < 1.29 is 4.79 Å². The Morgan fingerprint density at radius 2 is 2.00 bits per heavy atom. The van der Waals surface area contributed by atoms with Gasteiger partial charge in [0.25, 0.3) is 0 Å². The van der Waals surface area contributed by atoms with Crippen molar-refractivity contribution in [2.24, 2.45) is 5.92 Å². The molecule has 1 aromatic rings. The Labute approximate surface area is 128 Å². The molecule has 0 aromatic carbocycles. The summed E-state index contributed by atoms with van der Waals surface area (Å²) in [5, 5.41) is 0. The van der Waals surface area contributed by atoms with Crippen LogP contribution in [0.5, 0.6) is 0 Å². The summed E-state index contributed by atoms with van der Waals surface area (Å²) in [7, 11) is 4.12. The van der Waals surface area contributed by atoms with Crippen molar-refractivity contribution in [3.8, 4) is 0 Å². The zero-order valence-corrected chi connectivity index (χ0v) is 14.6. The molecule has 5 heteroatoms. The Balaban J connectivity index is 2.57. The SMILES string of the molecule is CC(C)CN(CCN(C)C)CC(=O)c1ccc(Br)s1. The van der Waals surface area contributed by atoms with E-state index < -0.39 is 0 Å². The molecule has 0 saturated heterocycles. The van der Waals surface area contributed by atoms with E-state index in [1.807, 2.05) is 12.1 Å². The van der Waals surface area contributed by atoms with Crippen LogP contribution in [0.25, 0.3) is 0 Å². The second kappa shape index (κ2) is 8.15. The van der Waals surface area contributed by atoms with Gasteiger partial charge in [-0.2, -0.15) is 0 Å². The van der Waals surface area contributed by atoms with Crippen molar-refractivity contribution in [3.05, 3.63) is 20.8 Å². The van der Waals surface area contributed by atoms with E-state index >= 15 is 0 Å². The number of rotatable bonds is 8. The molecule has 1 aromatic heterocycles. The van der Waals surface area contributed by atoms with Crippen molar-refractivity contribution >= 4 is 33.0 Å². The van der Waals surface area contributed by atoms with Gasteiger partial charge in [-0.3, -0.25) is 9.69 Å². The molecular weight excluding hydrogens is 324 g/mol. The lowest BCUT2D eigenvalue weighted by Gasteiger charge is -2.24. The number of carbonyl (C=O) groups is 1. The van der Waals surface area contributed by atoms with Crippen LogP contribution >= 0.6 is 27.3 Å². The summed E-state index contributed by atoms with van der Waals surface area (Å²) in [6, 6.07) is 3.83. The molecular formula is C14H23BrN2OS. The average Bonchev–Trinajstić information content (AvgIpc) is 2.72. The first kappa shape index (κ1) is 16.8. The van der Waals surface area contributed by atoms with Gasteiger partial charge in [0.2, 0.25) is 0 Å². The number of Topliss-reactive ketones (excluding diaryl/α,β-unsaturated/α-hetero) is 1. The second-order valence-electron chi connectivity index (χ2n) is 5.46. The molecule has 0 saturated carbocycles. The summed E-state index contributed by atoms with van der Waals surface area (Å²) in [5.74, 6) is 0.792. The Hall–Kier alpha value is -0.230. The fraction of sp³-hybridized carbons (Fsp3) is 0.643. The molecule has 0 aliphatic rings. The smallest absolute Gasteiger partial charge is 0.186 e. The summed E-state index contributed by atoms with van der Waals surface area (Å²) >= 11 is 4.91. The number of hydrogen-bond acceptors (Lipinski definition) is 4. The van der Waals surface area contributed by atoms with Crippen molar-refractivity contribution in [1.82, 2.24) is 9.80 Å². The van der Waals surface area contributed by atoms with Crippen LogP contribution in [0.2, 0.25) is 0 Å². The molecule has 0 aliphatic carbocycles. The van der Waals surface area contributed by atoms with Gasteiger partial charge in [0.05, 0.1) is 15.2 Å². The molecule has 1 heterocycles. The summed E-state index contributed by atoms with van der Waals surface area (Å²) in [6.45, 7) is 7.77. The highest BCUT2D eigenvalue weighted by Crippen LogP contribution is 2.22. The summed E-state index contributed by atoms with van der Waals surface area (Å²) in [5.41, 5.74) is 0. The quantitative estimate of drug-likeness (QED) is 0.675. The zero-order chi connectivity index (χ0) is 14.4. The predicted molar refractivity (Wildman–Crippen MR) is 86.2 cm³/mol. The minimum atomic E-state index is 0.218. The first-order valence-corrected chi connectivity index (χ1v) is 8.15. The molecule has 3 nitrogen and oxygen atoms in total. The number of carbonyl (C=O) groups excluding carboxylic acids is 1. The molecule has 0 unspecified atom stereocenters. The van der Waals surface area contributed by atoms with E-state index in [2.05, 4.69) is 53.7 Å². The van der Waals surface area contributed by atoms with Crippen LogP contribution in [0.4, 0.5) is 0 Å².